The Labute approximate surface area is 146 Å². The molecule has 2 rings (SSSR count). The molecule has 0 radical (unpaired) electrons. The summed E-state index contributed by atoms with van der Waals surface area (Å²) < 4.78 is 0. The van der Waals surface area contributed by atoms with Crippen molar-refractivity contribution in [2.45, 2.75) is 25.9 Å². The number of nitrogens with one attached hydrogen (secondary N) is 2. The normalized spacial score (nSPS) is 18.1. The predicted octanol–water partition coefficient (Wildman–Crippen LogP) is 0.931. The van der Waals surface area contributed by atoms with E-state index in [1.807, 2.05) is 26.0 Å². The van der Waals surface area contributed by atoms with Crippen LogP contribution in [0.25, 0.3) is 5.57 Å². The van der Waals surface area contributed by atoms with E-state index in [-0.39, 0.29) is 11.5 Å². The van der Waals surface area contributed by atoms with Crippen LogP contribution >= 0.6 is 0 Å². The molecule has 25 heavy (non-hydrogen) atoms. The Balaban J connectivity index is 2.46. The number of piperazine rings is 1. The Morgan fingerprint density at radius 3 is 2.80 bits per heavy atom. The quantitative estimate of drug-likeness (QED) is 0.345. The molecule has 1 saturated heterocycles. The van der Waals surface area contributed by atoms with Gasteiger partial charge in [-0.3, -0.25) is 19.7 Å². The minimum atomic E-state index is -0.616. The third kappa shape index (κ3) is 4.42. The molecule has 0 saturated carbocycles. The molecule has 1 unspecified atom stereocenters. The summed E-state index contributed by atoms with van der Waals surface area (Å²) >= 11 is 0. The minimum absolute atomic E-state index is 0.0221. The number of nitro groups is 1. The first-order valence-electron chi connectivity index (χ1n) is 8.11. The van der Waals surface area contributed by atoms with Crippen LogP contribution in [-0.4, -0.2) is 47.9 Å². The average molecular weight is 346 g/mol. The summed E-state index contributed by atoms with van der Waals surface area (Å²) in [6, 6.07) is 7.17. The van der Waals surface area contributed by atoms with Crippen LogP contribution in [0.1, 0.15) is 30.9 Å². The highest BCUT2D eigenvalue weighted by molar-refractivity contribution is 6.19. The topological polar surface area (TPSA) is 105 Å². The van der Waals surface area contributed by atoms with Crippen molar-refractivity contribution in [2.24, 2.45) is 0 Å². The molecule has 134 valence electrons. The van der Waals surface area contributed by atoms with Crippen LogP contribution in [-0.2, 0) is 9.59 Å². The molecule has 0 bridgehead atoms. The Morgan fingerprint density at radius 1 is 1.44 bits per heavy atom. The largest absolute Gasteiger partial charge is 0.337 e. The zero-order valence-corrected chi connectivity index (χ0v) is 14.3. The molecule has 2 amide bonds. The van der Waals surface area contributed by atoms with Crippen LogP contribution in [0.4, 0.5) is 0 Å². The van der Waals surface area contributed by atoms with Crippen LogP contribution in [0.2, 0.25) is 0 Å². The second kappa shape index (κ2) is 8.39. The number of carbonyl (C=O) groups is 2. The summed E-state index contributed by atoms with van der Waals surface area (Å²) in [6.45, 7) is 5.23. The lowest BCUT2D eigenvalue weighted by molar-refractivity contribution is -0.401. The van der Waals surface area contributed by atoms with Crippen molar-refractivity contribution in [1.29, 1.82) is 0 Å². The molecule has 1 fully saturated rings. The van der Waals surface area contributed by atoms with Gasteiger partial charge in [0.15, 0.2) is 0 Å². The van der Waals surface area contributed by atoms with E-state index in [9.17, 15) is 19.7 Å². The van der Waals surface area contributed by atoms with Crippen molar-refractivity contribution in [3.8, 4) is 0 Å². The monoisotopic (exact) mass is 346 g/mol. The highest BCUT2D eigenvalue weighted by Crippen LogP contribution is 2.27. The number of rotatable bonds is 6. The SMILES string of the molecule is CC(C)c1ccccc1/C(=C\[N+](=O)[O-])C(=O)N1CCNCC1NC=O. The maximum absolute atomic E-state index is 13.1. The Morgan fingerprint density at radius 2 is 2.16 bits per heavy atom. The van der Waals surface area contributed by atoms with E-state index in [0.717, 1.165) is 11.8 Å². The molecule has 0 aliphatic carbocycles. The predicted molar refractivity (Wildman–Crippen MR) is 93.1 cm³/mol. The molecule has 1 atom stereocenters. The third-order valence-electron chi connectivity index (χ3n) is 4.10. The summed E-state index contributed by atoms with van der Waals surface area (Å²) in [4.78, 5) is 35.8. The van der Waals surface area contributed by atoms with Crippen molar-refractivity contribution in [3.63, 3.8) is 0 Å². The Hall–Kier alpha value is -2.74. The fraction of sp³-hybridized carbons (Fsp3) is 0.412. The molecule has 1 aliphatic heterocycles. The maximum atomic E-state index is 13.1. The van der Waals surface area contributed by atoms with E-state index < -0.39 is 17.0 Å². The molecule has 1 aromatic carbocycles. The van der Waals surface area contributed by atoms with Crippen LogP contribution < -0.4 is 10.6 Å². The van der Waals surface area contributed by atoms with Crippen LogP contribution in [0.5, 0.6) is 0 Å². The fourth-order valence-electron chi connectivity index (χ4n) is 2.92. The highest BCUT2D eigenvalue weighted by Gasteiger charge is 2.31. The van der Waals surface area contributed by atoms with Gasteiger partial charge >= 0.3 is 0 Å². The molecular weight excluding hydrogens is 324 g/mol. The van der Waals surface area contributed by atoms with Crippen LogP contribution in [0, 0.1) is 10.1 Å². The fourth-order valence-corrected chi connectivity index (χ4v) is 2.92. The van der Waals surface area contributed by atoms with Gasteiger partial charge in [0, 0.05) is 19.6 Å². The highest BCUT2D eigenvalue weighted by atomic mass is 16.6. The van der Waals surface area contributed by atoms with E-state index in [0.29, 0.717) is 31.6 Å². The van der Waals surface area contributed by atoms with Crippen LogP contribution in [0.15, 0.2) is 30.5 Å². The molecule has 0 spiro atoms. The Kier molecular flexibility index (Phi) is 6.24. The van der Waals surface area contributed by atoms with Gasteiger partial charge < -0.3 is 15.5 Å². The molecular formula is C17H22N4O4. The zero-order valence-electron chi connectivity index (χ0n) is 14.3. The van der Waals surface area contributed by atoms with Gasteiger partial charge in [-0.25, -0.2) is 0 Å². The molecule has 1 aromatic rings. The second-order valence-corrected chi connectivity index (χ2v) is 6.07. The smallest absolute Gasteiger partial charge is 0.262 e. The van der Waals surface area contributed by atoms with Gasteiger partial charge in [-0.15, -0.1) is 0 Å². The molecule has 1 heterocycles. The number of hydrogen-bond acceptors (Lipinski definition) is 5. The number of benzene rings is 1. The number of carbonyl (C=O) groups excluding carboxylic acids is 2. The lowest BCUT2D eigenvalue weighted by Crippen LogP contribution is -2.59. The van der Waals surface area contributed by atoms with Gasteiger partial charge in [-0.2, -0.15) is 0 Å². The van der Waals surface area contributed by atoms with E-state index in [1.165, 1.54) is 4.90 Å². The summed E-state index contributed by atoms with van der Waals surface area (Å²) in [6.07, 6.45) is 0.737. The molecule has 2 N–H and O–H groups in total. The lowest BCUT2D eigenvalue weighted by Gasteiger charge is -2.36. The molecule has 0 aromatic heterocycles. The Bertz CT molecular complexity index is 687. The van der Waals surface area contributed by atoms with Crippen molar-refractivity contribution >= 4 is 17.9 Å². The minimum Gasteiger partial charge on any atom is -0.337 e. The van der Waals surface area contributed by atoms with Gasteiger partial charge in [0.05, 0.1) is 4.92 Å². The van der Waals surface area contributed by atoms with Crippen molar-refractivity contribution in [2.75, 3.05) is 19.6 Å². The van der Waals surface area contributed by atoms with Gasteiger partial charge in [0.2, 0.25) is 12.6 Å². The van der Waals surface area contributed by atoms with Crippen molar-refractivity contribution in [3.05, 3.63) is 51.7 Å². The number of nitrogens with zero attached hydrogens (tertiary/aromatic N) is 2. The van der Waals surface area contributed by atoms with E-state index >= 15 is 0 Å². The molecule has 1 aliphatic rings. The first kappa shape index (κ1) is 18.6. The number of hydrogen-bond donors (Lipinski definition) is 2. The van der Waals surface area contributed by atoms with E-state index in [4.69, 9.17) is 0 Å². The molecule has 8 nitrogen and oxygen atoms in total. The zero-order chi connectivity index (χ0) is 18.4. The summed E-state index contributed by atoms with van der Waals surface area (Å²) in [5, 5.41) is 16.8. The van der Waals surface area contributed by atoms with Crippen LogP contribution in [0.3, 0.4) is 0 Å². The first-order chi connectivity index (χ1) is 12.0. The maximum Gasteiger partial charge on any atom is 0.262 e. The van der Waals surface area contributed by atoms with Gasteiger partial charge in [-0.1, -0.05) is 38.1 Å². The third-order valence-corrected chi connectivity index (χ3v) is 4.10. The second-order valence-electron chi connectivity index (χ2n) is 6.07. The van der Waals surface area contributed by atoms with Gasteiger partial charge in [0.25, 0.3) is 5.91 Å². The average Bonchev–Trinajstić information content (AvgIpc) is 2.59. The standard InChI is InChI=1S/C17H22N4O4/c1-12(2)13-5-3-4-6-14(13)15(10-21(24)25)17(23)20-8-7-18-9-16(20)19-11-22/h3-6,10-12,16,18H,7-9H2,1-2H3,(H,19,22)/b15-10+. The summed E-state index contributed by atoms with van der Waals surface area (Å²) in [5.41, 5.74) is 1.43. The first-order valence-corrected chi connectivity index (χ1v) is 8.11. The van der Waals surface area contributed by atoms with Gasteiger partial charge in [-0.05, 0) is 17.0 Å². The number of amides is 2. The van der Waals surface area contributed by atoms with Gasteiger partial charge in [0.1, 0.15) is 11.7 Å². The van der Waals surface area contributed by atoms with Crippen molar-refractivity contribution < 1.29 is 14.5 Å². The lowest BCUT2D eigenvalue weighted by atomic mass is 9.92. The molecule has 8 heteroatoms. The summed E-state index contributed by atoms with van der Waals surface area (Å²) in [7, 11) is 0. The summed E-state index contributed by atoms with van der Waals surface area (Å²) in [5.74, 6) is -0.364. The van der Waals surface area contributed by atoms with Crippen molar-refractivity contribution in [1.82, 2.24) is 15.5 Å². The van der Waals surface area contributed by atoms with E-state index in [1.54, 1.807) is 12.1 Å². The van der Waals surface area contributed by atoms with E-state index in [2.05, 4.69) is 10.6 Å².